The minimum absolute atomic E-state index is 0.626. The highest BCUT2D eigenvalue weighted by atomic mass is 79.9. The van der Waals surface area contributed by atoms with Crippen LogP contribution in [0.5, 0.6) is 0 Å². The Morgan fingerprint density at radius 3 is 3.13 bits per heavy atom. The summed E-state index contributed by atoms with van der Waals surface area (Å²) in [5, 5.41) is 0. The second kappa shape index (κ2) is 3.57. The lowest BCUT2D eigenvalue weighted by atomic mass is 10.2. The molecule has 15 heavy (non-hydrogen) atoms. The smallest absolute Gasteiger partial charge is 0.151 e. The van der Waals surface area contributed by atoms with E-state index in [1.54, 1.807) is 0 Å². The number of nitrogens with zero attached hydrogens (tertiary/aromatic N) is 2. The van der Waals surface area contributed by atoms with Gasteiger partial charge in [0, 0.05) is 17.1 Å². The molecular weight excluding hydrogens is 324 g/mol. The first-order chi connectivity index (χ1) is 7.25. The van der Waals surface area contributed by atoms with Crippen molar-refractivity contribution in [3.05, 3.63) is 32.6 Å². The predicted octanol–water partition coefficient (Wildman–Crippen LogP) is 2.93. The zero-order chi connectivity index (χ0) is 10.4. The van der Waals surface area contributed by atoms with Crippen LogP contribution in [0, 0.1) is 0 Å². The number of ether oxygens (including phenoxy) is 1. The van der Waals surface area contributed by atoms with Crippen LogP contribution in [0.2, 0.25) is 0 Å². The van der Waals surface area contributed by atoms with Gasteiger partial charge in [-0.15, -0.1) is 0 Å². The standard InChI is InChI=1S/C10H8Br2N2O/c11-6-3-7(12)10-13-8-5-15-2-1-9(8)14(10)4-6/h3-4H,1-2,5H2. The molecule has 0 saturated carbocycles. The van der Waals surface area contributed by atoms with Crippen LogP contribution in [-0.2, 0) is 17.8 Å². The van der Waals surface area contributed by atoms with Crippen LogP contribution in [-0.4, -0.2) is 16.0 Å². The first-order valence-corrected chi connectivity index (χ1v) is 6.27. The summed E-state index contributed by atoms with van der Waals surface area (Å²) in [5.74, 6) is 0. The van der Waals surface area contributed by atoms with E-state index in [4.69, 9.17) is 4.74 Å². The topological polar surface area (TPSA) is 26.5 Å². The van der Waals surface area contributed by atoms with Gasteiger partial charge in [0.25, 0.3) is 0 Å². The molecule has 0 aliphatic carbocycles. The van der Waals surface area contributed by atoms with Gasteiger partial charge < -0.3 is 9.14 Å². The third-order valence-electron chi connectivity index (χ3n) is 2.55. The van der Waals surface area contributed by atoms with E-state index in [1.807, 2.05) is 6.07 Å². The number of imidazole rings is 1. The van der Waals surface area contributed by atoms with Crippen LogP contribution in [0.3, 0.4) is 0 Å². The van der Waals surface area contributed by atoms with E-state index in [9.17, 15) is 0 Å². The summed E-state index contributed by atoms with van der Waals surface area (Å²) in [7, 11) is 0. The summed E-state index contributed by atoms with van der Waals surface area (Å²) in [6.45, 7) is 1.41. The Morgan fingerprint density at radius 2 is 2.27 bits per heavy atom. The molecule has 3 nitrogen and oxygen atoms in total. The summed E-state index contributed by atoms with van der Waals surface area (Å²) >= 11 is 7.01. The number of rotatable bonds is 0. The van der Waals surface area contributed by atoms with Gasteiger partial charge in [-0.05, 0) is 37.9 Å². The fraction of sp³-hybridized carbons (Fsp3) is 0.300. The molecular formula is C10H8Br2N2O. The zero-order valence-corrected chi connectivity index (χ0v) is 11.0. The maximum absolute atomic E-state index is 5.39. The van der Waals surface area contributed by atoms with Gasteiger partial charge in [0.1, 0.15) is 0 Å². The lowest BCUT2D eigenvalue weighted by molar-refractivity contribution is 0.107. The number of aromatic nitrogens is 2. The molecule has 0 radical (unpaired) electrons. The van der Waals surface area contributed by atoms with Crippen LogP contribution in [0.1, 0.15) is 11.4 Å². The minimum Gasteiger partial charge on any atom is -0.375 e. The number of pyridine rings is 1. The molecule has 0 amide bonds. The Kier molecular flexibility index (Phi) is 2.34. The first-order valence-electron chi connectivity index (χ1n) is 4.68. The Labute approximate surface area is 104 Å². The molecule has 0 unspecified atom stereocenters. The number of fused-ring (bicyclic) bond motifs is 3. The predicted molar refractivity (Wildman–Crippen MR) is 64.0 cm³/mol. The van der Waals surface area contributed by atoms with Gasteiger partial charge in [-0.25, -0.2) is 4.98 Å². The Hall–Kier alpha value is -0.390. The van der Waals surface area contributed by atoms with Crippen molar-refractivity contribution in [2.24, 2.45) is 0 Å². The van der Waals surface area contributed by atoms with Gasteiger partial charge in [0.2, 0.25) is 0 Å². The molecule has 0 saturated heterocycles. The van der Waals surface area contributed by atoms with Gasteiger partial charge in [-0.2, -0.15) is 0 Å². The maximum atomic E-state index is 5.39. The summed E-state index contributed by atoms with van der Waals surface area (Å²) in [6.07, 6.45) is 2.98. The third kappa shape index (κ3) is 1.53. The molecule has 5 heteroatoms. The van der Waals surface area contributed by atoms with Crippen LogP contribution in [0.15, 0.2) is 21.2 Å². The highest BCUT2D eigenvalue weighted by Gasteiger charge is 2.17. The van der Waals surface area contributed by atoms with Gasteiger partial charge in [0.15, 0.2) is 5.65 Å². The van der Waals surface area contributed by atoms with Crippen molar-refractivity contribution in [3.63, 3.8) is 0 Å². The second-order valence-electron chi connectivity index (χ2n) is 3.51. The van der Waals surface area contributed by atoms with Crippen molar-refractivity contribution < 1.29 is 4.74 Å². The van der Waals surface area contributed by atoms with Crippen LogP contribution < -0.4 is 0 Å². The molecule has 0 aromatic carbocycles. The van der Waals surface area contributed by atoms with Crippen LogP contribution in [0.4, 0.5) is 0 Å². The molecule has 1 aliphatic heterocycles. The summed E-state index contributed by atoms with van der Waals surface area (Å²) < 4.78 is 9.58. The van der Waals surface area contributed by atoms with Crippen LogP contribution in [0.25, 0.3) is 5.65 Å². The fourth-order valence-electron chi connectivity index (χ4n) is 1.88. The third-order valence-corrected chi connectivity index (χ3v) is 3.56. The number of hydrogen-bond acceptors (Lipinski definition) is 2. The summed E-state index contributed by atoms with van der Waals surface area (Å²) in [4.78, 5) is 4.56. The van der Waals surface area contributed by atoms with Gasteiger partial charge in [-0.1, -0.05) is 0 Å². The molecule has 0 fully saturated rings. The minimum atomic E-state index is 0.626. The van der Waals surface area contributed by atoms with E-state index in [0.717, 1.165) is 33.3 Å². The highest BCUT2D eigenvalue weighted by Crippen LogP contribution is 2.26. The average Bonchev–Trinajstić information content (AvgIpc) is 2.57. The van der Waals surface area contributed by atoms with Crippen molar-refractivity contribution in [2.45, 2.75) is 13.0 Å². The lowest BCUT2D eigenvalue weighted by Gasteiger charge is -2.11. The van der Waals surface area contributed by atoms with E-state index < -0.39 is 0 Å². The molecule has 0 atom stereocenters. The molecule has 78 valence electrons. The second-order valence-corrected chi connectivity index (χ2v) is 5.28. The number of halogens is 2. The first kappa shape index (κ1) is 9.81. The van der Waals surface area contributed by atoms with Crippen molar-refractivity contribution >= 4 is 37.5 Å². The molecule has 2 aromatic rings. The SMILES string of the molecule is Brc1cc(Br)c2nc3c(n2c1)CCOC3. The van der Waals surface area contributed by atoms with E-state index in [-0.39, 0.29) is 0 Å². The molecule has 3 rings (SSSR count). The van der Waals surface area contributed by atoms with Gasteiger partial charge >= 0.3 is 0 Å². The molecule has 0 spiro atoms. The van der Waals surface area contributed by atoms with Crippen molar-refractivity contribution in [1.29, 1.82) is 0 Å². The van der Waals surface area contributed by atoms with Gasteiger partial charge in [-0.3, -0.25) is 0 Å². The van der Waals surface area contributed by atoms with Crippen molar-refractivity contribution in [2.75, 3.05) is 6.61 Å². The summed E-state index contributed by atoms with van der Waals surface area (Å²) in [5.41, 5.74) is 3.28. The van der Waals surface area contributed by atoms with Gasteiger partial charge in [0.05, 0.1) is 29.1 Å². The molecule has 0 bridgehead atoms. The molecule has 3 heterocycles. The monoisotopic (exact) mass is 330 g/mol. The summed E-state index contributed by atoms with van der Waals surface area (Å²) in [6, 6.07) is 2.01. The molecule has 1 aliphatic rings. The number of hydrogen-bond donors (Lipinski definition) is 0. The van der Waals surface area contributed by atoms with E-state index >= 15 is 0 Å². The normalized spacial score (nSPS) is 15.6. The largest absolute Gasteiger partial charge is 0.375 e. The fourth-order valence-corrected chi connectivity index (χ4v) is 3.15. The average molecular weight is 332 g/mol. The zero-order valence-electron chi connectivity index (χ0n) is 7.83. The van der Waals surface area contributed by atoms with E-state index in [1.165, 1.54) is 5.69 Å². The quantitative estimate of drug-likeness (QED) is 0.742. The Morgan fingerprint density at radius 1 is 1.40 bits per heavy atom. The van der Waals surface area contributed by atoms with Crippen molar-refractivity contribution in [3.8, 4) is 0 Å². The van der Waals surface area contributed by atoms with Crippen molar-refractivity contribution in [1.82, 2.24) is 9.38 Å². The highest BCUT2D eigenvalue weighted by molar-refractivity contribution is 9.11. The Balaban J connectivity index is 2.37. The van der Waals surface area contributed by atoms with Crippen LogP contribution >= 0.6 is 31.9 Å². The molecule has 0 N–H and O–H groups in total. The van der Waals surface area contributed by atoms with E-state index in [0.29, 0.717) is 6.61 Å². The van der Waals surface area contributed by atoms with E-state index in [2.05, 4.69) is 47.4 Å². The lowest BCUT2D eigenvalue weighted by Crippen LogP contribution is -2.10. The maximum Gasteiger partial charge on any atom is 0.151 e. The Bertz CT molecular complexity index is 536. The molecule has 2 aromatic heterocycles.